The first kappa shape index (κ1) is 17.6. The zero-order chi connectivity index (χ0) is 19.0. The van der Waals surface area contributed by atoms with Crippen molar-refractivity contribution in [3.63, 3.8) is 0 Å². The number of benzene rings is 2. The van der Waals surface area contributed by atoms with Crippen LogP contribution in [0.15, 0.2) is 75.8 Å². The number of amides is 1. The molecule has 0 bridgehead atoms. The third-order valence-corrected chi connectivity index (χ3v) is 4.92. The zero-order valence-electron chi connectivity index (χ0n) is 14.3. The molecule has 0 radical (unpaired) electrons. The van der Waals surface area contributed by atoms with Crippen LogP contribution < -0.4 is 5.01 Å². The lowest BCUT2D eigenvalue weighted by Crippen LogP contribution is -2.21. The summed E-state index contributed by atoms with van der Waals surface area (Å²) in [5.74, 6) is 1.01. The van der Waals surface area contributed by atoms with E-state index < -0.39 is 0 Å². The van der Waals surface area contributed by atoms with Crippen LogP contribution in [0, 0.1) is 0 Å². The Labute approximate surface area is 166 Å². The standard InChI is InChI=1S/C21H14Cl2N2O2/c1-13-17(21(26)25(24-13)15-5-3-2-4-6-15)12-16-8-10-20(27-16)14-7-9-18(22)19(23)11-14/h2-12H,1H3. The third-order valence-electron chi connectivity index (χ3n) is 4.18. The molecule has 0 aliphatic carbocycles. The minimum absolute atomic E-state index is 0.189. The van der Waals surface area contributed by atoms with Gasteiger partial charge in [-0.1, -0.05) is 41.4 Å². The summed E-state index contributed by atoms with van der Waals surface area (Å²) in [6.07, 6.45) is 1.70. The Kier molecular flexibility index (Phi) is 4.60. The number of halogens is 2. The van der Waals surface area contributed by atoms with Gasteiger partial charge in [0.05, 0.1) is 27.0 Å². The summed E-state index contributed by atoms with van der Waals surface area (Å²) in [6.45, 7) is 1.80. The topological polar surface area (TPSA) is 45.8 Å². The van der Waals surface area contributed by atoms with Crippen molar-refractivity contribution in [3.05, 3.63) is 82.0 Å². The summed E-state index contributed by atoms with van der Waals surface area (Å²) in [5, 5.41) is 6.70. The molecule has 1 aliphatic heterocycles. The highest BCUT2D eigenvalue weighted by atomic mass is 35.5. The van der Waals surface area contributed by atoms with Gasteiger partial charge in [0.15, 0.2) is 0 Å². The highest BCUT2D eigenvalue weighted by molar-refractivity contribution is 6.42. The number of rotatable bonds is 3. The van der Waals surface area contributed by atoms with E-state index in [0.717, 1.165) is 11.3 Å². The average Bonchev–Trinajstić information content (AvgIpc) is 3.25. The fourth-order valence-electron chi connectivity index (χ4n) is 2.81. The number of hydrogen-bond acceptors (Lipinski definition) is 3. The van der Waals surface area contributed by atoms with Crippen molar-refractivity contribution in [2.24, 2.45) is 5.10 Å². The first-order valence-corrected chi connectivity index (χ1v) is 9.00. The van der Waals surface area contributed by atoms with E-state index in [1.54, 1.807) is 31.2 Å². The van der Waals surface area contributed by atoms with E-state index in [1.807, 2.05) is 42.5 Å². The molecule has 2 aromatic carbocycles. The Morgan fingerprint density at radius 2 is 1.78 bits per heavy atom. The lowest BCUT2D eigenvalue weighted by atomic mass is 10.1. The van der Waals surface area contributed by atoms with Crippen LogP contribution in [0.5, 0.6) is 0 Å². The normalized spacial score (nSPS) is 15.5. The molecule has 1 aromatic heterocycles. The Morgan fingerprint density at radius 1 is 1.00 bits per heavy atom. The van der Waals surface area contributed by atoms with Crippen LogP contribution in [-0.4, -0.2) is 11.6 Å². The Morgan fingerprint density at radius 3 is 2.52 bits per heavy atom. The molecule has 0 unspecified atom stereocenters. The highest BCUT2D eigenvalue weighted by Gasteiger charge is 2.28. The minimum atomic E-state index is -0.189. The second kappa shape index (κ2) is 7.06. The first-order valence-electron chi connectivity index (χ1n) is 8.25. The molecule has 0 saturated carbocycles. The fraction of sp³-hybridized carbons (Fsp3) is 0.0476. The van der Waals surface area contributed by atoms with Crippen LogP contribution >= 0.6 is 23.2 Å². The number of carbonyl (C=O) groups excluding carboxylic acids is 1. The highest BCUT2D eigenvalue weighted by Crippen LogP contribution is 2.31. The largest absolute Gasteiger partial charge is 0.457 e. The number of para-hydroxylation sites is 1. The second-order valence-corrected chi connectivity index (χ2v) is 6.84. The second-order valence-electron chi connectivity index (χ2n) is 6.03. The van der Waals surface area contributed by atoms with Gasteiger partial charge in [0, 0.05) is 5.56 Å². The van der Waals surface area contributed by atoms with Crippen LogP contribution in [-0.2, 0) is 4.79 Å². The monoisotopic (exact) mass is 396 g/mol. The molecule has 3 aromatic rings. The number of hydrazone groups is 1. The maximum absolute atomic E-state index is 12.7. The van der Waals surface area contributed by atoms with Gasteiger partial charge in [-0.25, -0.2) is 0 Å². The SMILES string of the molecule is CC1=NN(c2ccccc2)C(=O)C1=Cc1ccc(-c2ccc(Cl)c(Cl)c2)o1. The summed E-state index contributed by atoms with van der Waals surface area (Å²) in [4.78, 5) is 12.7. The van der Waals surface area contributed by atoms with Crippen molar-refractivity contribution in [1.29, 1.82) is 0 Å². The quantitative estimate of drug-likeness (QED) is 0.505. The van der Waals surface area contributed by atoms with Gasteiger partial charge in [-0.3, -0.25) is 4.79 Å². The van der Waals surface area contributed by atoms with Crippen molar-refractivity contribution in [3.8, 4) is 11.3 Å². The molecule has 4 nitrogen and oxygen atoms in total. The molecule has 134 valence electrons. The van der Waals surface area contributed by atoms with Crippen LogP contribution in [0.2, 0.25) is 10.0 Å². The summed E-state index contributed by atoms with van der Waals surface area (Å²) in [6, 6.07) is 18.2. The predicted octanol–water partition coefficient (Wildman–Crippen LogP) is 6.06. The Bertz CT molecular complexity index is 1080. The Hall–Kier alpha value is -2.82. The van der Waals surface area contributed by atoms with Gasteiger partial charge >= 0.3 is 0 Å². The van der Waals surface area contributed by atoms with Crippen molar-refractivity contribution in [2.45, 2.75) is 6.92 Å². The van der Waals surface area contributed by atoms with Gasteiger partial charge in [0.25, 0.3) is 5.91 Å². The molecular weight excluding hydrogens is 383 g/mol. The van der Waals surface area contributed by atoms with Crippen LogP contribution in [0.1, 0.15) is 12.7 Å². The molecule has 0 N–H and O–H groups in total. The molecule has 27 heavy (non-hydrogen) atoms. The first-order chi connectivity index (χ1) is 13.0. The molecule has 0 saturated heterocycles. The van der Waals surface area contributed by atoms with Crippen molar-refractivity contribution in [1.82, 2.24) is 0 Å². The van der Waals surface area contributed by atoms with E-state index in [4.69, 9.17) is 27.6 Å². The van der Waals surface area contributed by atoms with Crippen molar-refractivity contribution < 1.29 is 9.21 Å². The number of hydrogen-bond donors (Lipinski definition) is 0. The minimum Gasteiger partial charge on any atom is -0.457 e. The molecule has 0 atom stereocenters. The molecule has 1 aliphatic rings. The molecule has 1 amide bonds. The molecule has 0 fully saturated rings. The van der Waals surface area contributed by atoms with Gasteiger partial charge in [-0.05, 0) is 55.5 Å². The van der Waals surface area contributed by atoms with E-state index >= 15 is 0 Å². The smallest absolute Gasteiger partial charge is 0.280 e. The van der Waals surface area contributed by atoms with Gasteiger partial charge in [0.2, 0.25) is 0 Å². The van der Waals surface area contributed by atoms with E-state index in [1.165, 1.54) is 5.01 Å². The van der Waals surface area contributed by atoms with Gasteiger partial charge < -0.3 is 4.42 Å². The number of carbonyl (C=O) groups is 1. The summed E-state index contributed by atoms with van der Waals surface area (Å²) >= 11 is 12.0. The third kappa shape index (κ3) is 3.42. The lowest BCUT2D eigenvalue weighted by Gasteiger charge is -2.10. The van der Waals surface area contributed by atoms with E-state index in [0.29, 0.717) is 32.9 Å². The average molecular weight is 397 g/mol. The predicted molar refractivity (Wildman–Crippen MR) is 109 cm³/mol. The van der Waals surface area contributed by atoms with Crippen LogP contribution in [0.3, 0.4) is 0 Å². The lowest BCUT2D eigenvalue weighted by molar-refractivity contribution is -0.114. The molecule has 2 heterocycles. The Balaban J connectivity index is 1.63. The van der Waals surface area contributed by atoms with E-state index in [9.17, 15) is 4.79 Å². The van der Waals surface area contributed by atoms with Crippen LogP contribution in [0.4, 0.5) is 5.69 Å². The fourth-order valence-corrected chi connectivity index (χ4v) is 3.10. The van der Waals surface area contributed by atoms with Crippen molar-refractivity contribution >= 4 is 46.6 Å². The number of nitrogens with zero attached hydrogens (tertiary/aromatic N) is 2. The maximum atomic E-state index is 12.7. The van der Waals surface area contributed by atoms with E-state index in [-0.39, 0.29) is 5.91 Å². The van der Waals surface area contributed by atoms with Crippen LogP contribution in [0.25, 0.3) is 17.4 Å². The molecule has 6 heteroatoms. The molecular formula is C21H14Cl2N2O2. The van der Waals surface area contributed by atoms with Gasteiger partial charge in [0.1, 0.15) is 11.5 Å². The van der Waals surface area contributed by atoms with Gasteiger partial charge in [-0.15, -0.1) is 0 Å². The number of anilines is 1. The summed E-state index contributed by atoms with van der Waals surface area (Å²) < 4.78 is 5.86. The molecule has 4 rings (SSSR count). The van der Waals surface area contributed by atoms with E-state index in [2.05, 4.69) is 5.10 Å². The van der Waals surface area contributed by atoms with Crippen molar-refractivity contribution in [2.75, 3.05) is 5.01 Å². The van der Waals surface area contributed by atoms with Gasteiger partial charge in [-0.2, -0.15) is 10.1 Å². The maximum Gasteiger partial charge on any atom is 0.280 e. The summed E-state index contributed by atoms with van der Waals surface area (Å²) in [5.41, 5.74) is 2.66. The zero-order valence-corrected chi connectivity index (χ0v) is 15.8. The summed E-state index contributed by atoms with van der Waals surface area (Å²) in [7, 11) is 0. The number of furan rings is 1. The molecule has 0 spiro atoms.